The number of carbonyl (C=O) groups excluding carboxylic acids is 1. The lowest BCUT2D eigenvalue weighted by Gasteiger charge is -2.19. The second-order valence-corrected chi connectivity index (χ2v) is 5.60. The number of fused-ring (bicyclic) bond motifs is 1. The minimum Gasteiger partial charge on any atom is -0.481 e. The second-order valence-electron chi connectivity index (χ2n) is 5.60. The largest absolute Gasteiger partial charge is 0.481 e. The Morgan fingerprint density at radius 1 is 1.24 bits per heavy atom. The van der Waals surface area contributed by atoms with Crippen LogP contribution in [0, 0.1) is 0 Å². The third-order valence-corrected chi connectivity index (χ3v) is 4.05. The summed E-state index contributed by atoms with van der Waals surface area (Å²) >= 11 is 0. The zero-order valence-corrected chi connectivity index (χ0v) is 12.5. The Morgan fingerprint density at radius 2 is 1.95 bits per heavy atom. The SMILES string of the molecule is CCNC(CCC(=O)O)C(=O)c1ccc2c(c1)CCCC2. The Labute approximate surface area is 125 Å². The highest BCUT2D eigenvalue weighted by molar-refractivity contribution is 6.00. The van der Waals surface area contributed by atoms with Crippen LogP contribution in [0.25, 0.3) is 0 Å². The van der Waals surface area contributed by atoms with Gasteiger partial charge in [-0.3, -0.25) is 9.59 Å². The highest BCUT2D eigenvalue weighted by Gasteiger charge is 2.21. The lowest BCUT2D eigenvalue weighted by molar-refractivity contribution is -0.137. The highest BCUT2D eigenvalue weighted by atomic mass is 16.4. The Hall–Kier alpha value is -1.68. The monoisotopic (exact) mass is 289 g/mol. The predicted octanol–water partition coefficient (Wildman–Crippen LogP) is 2.59. The van der Waals surface area contributed by atoms with Crippen molar-refractivity contribution in [2.24, 2.45) is 0 Å². The van der Waals surface area contributed by atoms with Crippen LogP contribution in [0.2, 0.25) is 0 Å². The van der Waals surface area contributed by atoms with Crippen molar-refractivity contribution in [3.05, 3.63) is 34.9 Å². The predicted molar refractivity (Wildman–Crippen MR) is 81.7 cm³/mol. The first-order valence-corrected chi connectivity index (χ1v) is 7.73. The van der Waals surface area contributed by atoms with Crippen molar-refractivity contribution in [3.8, 4) is 0 Å². The minimum atomic E-state index is -0.865. The molecule has 2 N–H and O–H groups in total. The van der Waals surface area contributed by atoms with Crippen LogP contribution in [0.3, 0.4) is 0 Å². The number of benzene rings is 1. The summed E-state index contributed by atoms with van der Waals surface area (Å²) in [5, 5.41) is 11.9. The van der Waals surface area contributed by atoms with Gasteiger partial charge in [-0.05, 0) is 55.8 Å². The van der Waals surface area contributed by atoms with Crippen molar-refractivity contribution in [1.29, 1.82) is 0 Å². The van der Waals surface area contributed by atoms with Gasteiger partial charge in [-0.15, -0.1) is 0 Å². The van der Waals surface area contributed by atoms with Crippen LogP contribution in [0.1, 0.15) is 54.1 Å². The van der Waals surface area contributed by atoms with Gasteiger partial charge in [0.15, 0.2) is 5.78 Å². The first kappa shape index (κ1) is 15.7. The Bertz CT molecular complexity index is 525. The van der Waals surface area contributed by atoms with Crippen molar-refractivity contribution in [1.82, 2.24) is 5.32 Å². The molecule has 114 valence electrons. The summed E-state index contributed by atoms with van der Waals surface area (Å²) in [5.41, 5.74) is 3.33. The molecule has 0 radical (unpaired) electrons. The molecule has 1 aliphatic carbocycles. The fourth-order valence-electron chi connectivity index (χ4n) is 2.93. The molecule has 1 atom stereocenters. The maximum absolute atomic E-state index is 12.6. The molecule has 1 aliphatic rings. The van der Waals surface area contributed by atoms with Gasteiger partial charge in [-0.2, -0.15) is 0 Å². The van der Waals surface area contributed by atoms with Crippen LogP contribution in [-0.4, -0.2) is 29.4 Å². The lowest BCUT2D eigenvalue weighted by Crippen LogP contribution is -2.37. The second kappa shape index (κ2) is 7.36. The number of Topliss-reactive ketones (excluding diaryl/α,β-unsaturated/α-hetero) is 1. The van der Waals surface area contributed by atoms with Crippen molar-refractivity contribution < 1.29 is 14.7 Å². The van der Waals surface area contributed by atoms with E-state index in [9.17, 15) is 9.59 Å². The topological polar surface area (TPSA) is 66.4 Å². The molecular weight excluding hydrogens is 266 g/mol. The summed E-state index contributed by atoms with van der Waals surface area (Å²) in [6.45, 7) is 2.58. The van der Waals surface area contributed by atoms with Crippen LogP contribution in [0.4, 0.5) is 0 Å². The molecule has 0 amide bonds. The summed E-state index contributed by atoms with van der Waals surface area (Å²) in [6.07, 6.45) is 4.88. The highest BCUT2D eigenvalue weighted by Crippen LogP contribution is 2.23. The number of carboxylic acids is 1. The number of rotatable bonds is 7. The van der Waals surface area contributed by atoms with Crippen LogP contribution in [0.5, 0.6) is 0 Å². The fraction of sp³-hybridized carbons (Fsp3) is 0.529. The maximum Gasteiger partial charge on any atom is 0.303 e. The molecule has 4 nitrogen and oxygen atoms in total. The molecule has 0 fully saturated rings. The number of ketones is 1. The molecule has 21 heavy (non-hydrogen) atoms. The van der Waals surface area contributed by atoms with E-state index in [1.165, 1.54) is 24.0 Å². The van der Waals surface area contributed by atoms with Gasteiger partial charge in [-0.25, -0.2) is 0 Å². The number of hydrogen-bond donors (Lipinski definition) is 2. The summed E-state index contributed by atoms with van der Waals surface area (Å²) in [6, 6.07) is 5.54. The smallest absolute Gasteiger partial charge is 0.303 e. The minimum absolute atomic E-state index is 0.00599. The van der Waals surface area contributed by atoms with Crippen LogP contribution < -0.4 is 5.32 Å². The van der Waals surface area contributed by atoms with E-state index in [4.69, 9.17) is 5.11 Å². The molecule has 1 aromatic carbocycles. The zero-order chi connectivity index (χ0) is 15.2. The van der Waals surface area contributed by atoms with E-state index in [1.807, 2.05) is 19.1 Å². The Kier molecular flexibility index (Phi) is 5.51. The van der Waals surface area contributed by atoms with Gasteiger partial charge in [0.1, 0.15) is 0 Å². The third kappa shape index (κ3) is 4.14. The van der Waals surface area contributed by atoms with Crippen LogP contribution >= 0.6 is 0 Å². The average Bonchev–Trinajstić information content (AvgIpc) is 2.50. The maximum atomic E-state index is 12.6. The fourth-order valence-corrected chi connectivity index (χ4v) is 2.93. The molecular formula is C17H23NO3. The number of nitrogens with one attached hydrogen (secondary N) is 1. The summed E-state index contributed by atoms with van der Waals surface area (Å²) in [4.78, 5) is 23.3. The summed E-state index contributed by atoms with van der Waals surface area (Å²) in [7, 11) is 0. The molecule has 1 unspecified atom stereocenters. The lowest BCUT2D eigenvalue weighted by atomic mass is 9.88. The quantitative estimate of drug-likeness (QED) is 0.757. The van der Waals surface area contributed by atoms with Crippen LogP contribution in [0.15, 0.2) is 18.2 Å². The van der Waals surface area contributed by atoms with Crippen molar-refractivity contribution in [2.75, 3.05) is 6.54 Å². The third-order valence-electron chi connectivity index (χ3n) is 4.05. The molecule has 4 heteroatoms. The zero-order valence-electron chi connectivity index (χ0n) is 12.5. The molecule has 0 aliphatic heterocycles. The molecule has 0 spiro atoms. The number of hydrogen-bond acceptors (Lipinski definition) is 3. The van der Waals surface area contributed by atoms with E-state index in [1.54, 1.807) is 0 Å². The van der Waals surface area contributed by atoms with E-state index in [-0.39, 0.29) is 12.2 Å². The van der Waals surface area contributed by atoms with Crippen molar-refractivity contribution in [3.63, 3.8) is 0 Å². The first-order valence-electron chi connectivity index (χ1n) is 7.73. The standard InChI is InChI=1S/C17H23NO3/c1-2-18-15(9-10-16(19)20)17(21)14-8-7-12-5-3-4-6-13(12)11-14/h7-8,11,15,18H,2-6,9-10H2,1H3,(H,19,20). The van der Waals surface area contributed by atoms with Crippen molar-refractivity contribution >= 4 is 11.8 Å². The Morgan fingerprint density at radius 3 is 2.62 bits per heavy atom. The number of likely N-dealkylation sites (N-methyl/N-ethyl adjacent to an activating group) is 1. The van der Waals surface area contributed by atoms with Gasteiger partial charge in [0.05, 0.1) is 6.04 Å². The normalized spacial score (nSPS) is 15.3. The van der Waals surface area contributed by atoms with Gasteiger partial charge < -0.3 is 10.4 Å². The van der Waals surface area contributed by atoms with E-state index in [0.29, 0.717) is 18.5 Å². The number of carboxylic acid groups (broad SMARTS) is 1. The molecule has 0 bridgehead atoms. The van der Waals surface area contributed by atoms with Gasteiger partial charge in [0, 0.05) is 12.0 Å². The number of aryl methyl sites for hydroxylation is 2. The van der Waals surface area contributed by atoms with Gasteiger partial charge in [0.2, 0.25) is 0 Å². The molecule has 1 aromatic rings. The number of carbonyl (C=O) groups is 2. The van der Waals surface area contributed by atoms with E-state index in [0.717, 1.165) is 12.8 Å². The number of aliphatic carboxylic acids is 1. The van der Waals surface area contributed by atoms with Gasteiger partial charge in [-0.1, -0.05) is 19.1 Å². The molecule has 0 saturated heterocycles. The van der Waals surface area contributed by atoms with Crippen LogP contribution in [-0.2, 0) is 17.6 Å². The van der Waals surface area contributed by atoms with E-state index < -0.39 is 12.0 Å². The Balaban J connectivity index is 2.13. The van der Waals surface area contributed by atoms with Crippen molar-refractivity contribution in [2.45, 2.75) is 51.5 Å². The average molecular weight is 289 g/mol. The van der Waals surface area contributed by atoms with Gasteiger partial charge in [0.25, 0.3) is 0 Å². The van der Waals surface area contributed by atoms with E-state index in [2.05, 4.69) is 11.4 Å². The summed E-state index contributed by atoms with van der Waals surface area (Å²) in [5.74, 6) is -0.859. The van der Waals surface area contributed by atoms with E-state index >= 15 is 0 Å². The molecule has 0 heterocycles. The first-order chi connectivity index (χ1) is 10.1. The molecule has 0 saturated carbocycles. The summed E-state index contributed by atoms with van der Waals surface area (Å²) < 4.78 is 0. The molecule has 0 aromatic heterocycles. The molecule has 2 rings (SSSR count). The van der Waals surface area contributed by atoms with Gasteiger partial charge >= 0.3 is 5.97 Å².